The Kier molecular flexibility index (Phi) is 7.58. The van der Waals surface area contributed by atoms with Gasteiger partial charge in [-0.2, -0.15) is 0 Å². The van der Waals surface area contributed by atoms with Crippen LogP contribution in [0.3, 0.4) is 0 Å². The summed E-state index contributed by atoms with van der Waals surface area (Å²) in [6.07, 6.45) is 1.76. The predicted octanol–water partition coefficient (Wildman–Crippen LogP) is 6.17. The summed E-state index contributed by atoms with van der Waals surface area (Å²) in [6, 6.07) is 18.4. The number of halogens is 1. The number of carbonyl (C=O) groups is 2. The maximum Gasteiger partial charge on any atom is 0.264 e. The van der Waals surface area contributed by atoms with E-state index >= 15 is 0 Å². The zero-order valence-electron chi connectivity index (χ0n) is 19.5. The van der Waals surface area contributed by atoms with Gasteiger partial charge in [-0.3, -0.25) is 9.59 Å². The number of carbonyl (C=O) groups excluding carboxylic acids is 2. The summed E-state index contributed by atoms with van der Waals surface area (Å²) in [5, 5.41) is 6.73. The summed E-state index contributed by atoms with van der Waals surface area (Å²) in [4.78, 5) is 29.8. The Morgan fingerprint density at radius 1 is 1.09 bits per heavy atom. The number of aryl methyl sites for hydroxylation is 2. The molecule has 0 bridgehead atoms. The lowest BCUT2D eigenvalue weighted by Crippen LogP contribution is -2.20. The summed E-state index contributed by atoms with van der Waals surface area (Å²) >= 11 is 7.42. The van der Waals surface area contributed by atoms with Gasteiger partial charge in [0.25, 0.3) is 11.8 Å². The highest BCUT2D eigenvalue weighted by atomic mass is 35.5. The van der Waals surface area contributed by atoms with Gasteiger partial charge in [-0.25, -0.2) is 4.99 Å². The molecule has 0 radical (unpaired) electrons. The molecule has 0 aliphatic carbocycles. The fourth-order valence-electron chi connectivity index (χ4n) is 3.32. The average Bonchev–Trinajstić information content (AvgIpc) is 3.16. The van der Waals surface area contributed by atoms with E-state index in [1.807, 2.05) is 63.2 Å². The van der Waals surface area contributed by atoms with Gasteiger partial charge in [-0.15, -0.1) is 0 Å². The van der Waals surface area contributed by atoms with Gasteiger partial charge in [0, 0.05) is 10.7 Å². The smallest absolute Gasteiger partial charge is 0.264 e. The summed E-state index contributed by atoms with van der Waals surface area (Å²) in [5.41, 5.74) is 5.33. The number of ether oxygens (including phenoxy) is 1. The Hall–Kier alpha value is -3.55. The van der Waals surface area contributed by atoms with Gasteiger partial charge in [-0.1, -0.05) is 35.9 Å². The van der Waals surface area contributed by atoms with Gasteiger partial charge in [0.05, 0.1) is 10.6 Å². The highest BCUT2D eigenvalue weighted by Gasteiger charge is 2.24. The van der Waals surface area contributed by atoms with Crippen LogP contribution in [0.2, 0.25) is 5.02 Å². The van der Waals surface area contributed by atoms with E-state index in [1.165, 1.54) is 11.8 Å². The molecule has 2 amide bonds. The van der Waals surface area contributed by atoms with Crippen LogP contribution in [0, 0.1) is 20.8 Å². The highest BCUT2D eigenvalue weighted by molar-refractivity contribution is 8.18. The van der Waals surface area contributed by atoms with Crippen molar-refractivity contribution < 1.29 is 14.3 Å². The van der Waals surface area contributed by atoms with E-state index in [0.717, 1.165) is 27.9 Å². The van der Waals surface area contributed by atoms with E-state index in [0.29, 0.717) is 26.5 Å². The number of amidine groups is 1. The second kappa shape index (κ2) is 10.8. The number of nitrogens with one attached hydrogen (secondary N) is 2. The largest absolute Gasteiger partial charge is 0.484 e. The second-order valence-corrected chi connectivity index (χ2v) is 9.51. The van der Waals surface area contributed by atoms with E-state index in [-0.39, 0.29) is 18.4 Å². The molecule has 0 unspecified atom stereocenters. The van der Waals surface area contributed by atoms with Gasteiger partial charge >= 0.3 is 0 Å². The third-order valence-electron chi connectivity index (χ3n) is 5.43. The van der Waals surface area contributed by atoms with E-state index < -0.39 is 0 Å². The fourth-order valence-corrected chi connectivity index (χ4v) is 4.32. The molecule has 1 fully saturated rings. The molecule has 1 heterocycles. The number of rotatable bonds is 6. The lowest BCUT2D eigenvalue weighted by molar-refractivity contribution is -0.118. The molecule has 35 heavy (non-hydrogen) atoms. The SMILES string of the molecule is Cc1ccc(NC(=O)COc2cccc(/C=C3\SC(=Nc4cccc(Cl)c4C)NC3=O)c2)cc1C. The maximum absolute atomic E-state index is 12.5. The van der Waals surface area contributed by atoms with Crippen molar-refractivity contribution in [3.05, 3.63) is 92.8 Å². The minimum absolute atomic E-state index is 0.127. The molecule has 4 rings (SSSR count). The van der Waals surface area contributed by atoms with Crippen LogP contribution in [0.1, 0.15) is 22.3 Å². The Morgan fingerprint density at radius 2 is 1.89 bits per heavy atom. The van der Waals surface area contributed by atoms with Crippen LogP contribution in [-0.2, 0) is 9.59 Å². The van der Waals surface area contributed by atoms with E-state index in [9.17, 15) is 9.59 Å². The lowest BCUT2D eigenvalue weighted by atomic mass is 10.1. The summed E-state index contributed by atoms with van der Waals surface area (Å²) in [5.74, 6) is 0.0499. The molecule has 3 aromatic rings. The van der Waals surface area contributed by atoms with Crippen LogP contribution in [0.4, 0.5) is 11.4 Å². The number of thioether (sulfide) groups is 1. The zero-order chi connectivity index (χ0) is 24.9. The maximum atomic E-state index is 12.5. The third kappa shape index (κ3) is 6.32. The molecule has 0 spiro atoms. The molecule has 2 N–H and O–H groups in total. The number of benzene rings is 3. The van der Waals surface area contributed by atoms with Crippen molar-refractivity contribution in [3.63, 3.8) is 0 Å². The Balaban J connectivity index is 1.40. The number of nitrogens with zero attached hydrogens (tertiary/aromatic N) is 1. The summed E-state index contributed by atoms with van der Waals surface area (Å²) in [7, 11) is 0. The van der Waals surface area contributed by atoms with Crippen molar-refractivity contribution in [2.24, 2.45) is 4.99 Å². The van der Waals surface area contributed by atoms with Crippen molar-refractivity contribution in [1.29, 1.82) is 0 Å². The van der Waals surface area contributed by atoms with Gasteiger partial charge in [0.1, 0.15) is 5.75 Å². The monoisotopic (exact) mass is 505 g/mol. The van der Waals surface area contributed by atoms with E-state index in [1.54, 1.807) is 24.3 Å². The second-order valence-electron chi connectivity index (χ2n) is 8.07. The Bertz CT molecular complexity index is 1370. The molecule has 0 atom stereocenters. The fraction of sp³-hybridized carbons (Fsp3) is 0.148. The first kappa shape index (κ1) is 24.6. The Morgan fingerprint density at radius 3 is 2.69 bits per heavy atom. The molecule has 1 saturated heterocycles. The van der Waals surface area contributed by atoms with Crippen molar-refractivity contribution >= 4 is 57.8 Å². The first-order valence-electron chi connectivity index (χ1n) is 10.9. The molecule has 0 saturated carbocycles. The standard InChI is InChI=1S/C27H24ClN3O3S/c1-16-10-11-20(12-17(16)2)29-25(32)15-34-21-7-4-6-19(13-21)14-24-26(33)31-27(35-24)30-23-9-5-8-22(28)18(23)3/h4-14H,15H2,1-3H3,(H,29,32)(H,30,31,33)/b24-14-. The number of amides is 2. The van der Waals surface area contributed by atoms with Gasteiger partial charge in [0.2, 0.25) is 0 Å². The predicted molar refractivity (Wildman–Crippen MR) is 143 cm³/mol. The zero-order valence-corrected chi connectivity index (χ0v) is 21.1. The molecule has 3 aromatic carbocycles. The van der Waals surface area contributed by atoms with Crippen molar-refractivity contribution in [2.45, 2.75) is 20.8 Å². The van der Waals surface area contributed by atoms with Crippen LogP contribution >= 0.6 is 23.4 Å². The van der Waals surface area contributed by atoms with Gasteiger partial charge in [0.15, 0.2) is 11.8 Å². The number of hydrogen-bond donors (Lipinski definition) is 2. The topological polar surface area (TPSA) is 79.8 Å². The normalized spacial score (nSPS) is 15.4. The number of hydrogen-bond acceptors (Lipinski definition) is 5. The molecular formula is C27H24ClN3O3S. The molecule has 8 heteroatoms. The van der Waals surface area contributed by atoms with Crippen molar-refractivity contribution in [1.82, 2.24) is 5.32 Å². The minimum atomic E-state index is -0.250. The minimum Gasteiger partial charge on any atom is -0.484 e. The quantitative estimate of drug-likeness (QED) is 0.392. The van der Waals surface area contributed by atoms with Crippen molar-refractivity contribution in [3.8, 4) is 5.75 Å². The molecule has 178 valence electrons. The van der Waals surface area contributed by atoms with Crippen LogP contribution < -0.4 is 15.4 Å². The first-order valence-corrected chi connectivity index (χ1v) is 12.1. The molecule has 1 aliphatic rings. The molecule has 6 nitrogen and oxygen atoms in total. The van der Waals surface area contributed by atoms with E-state index in [2.05, 4.69) is 15.6 Å². The lowest BCUT2D eigenvalue weighted by Gasteiger charge is -2.09. The molecule has 0 aromatic heterocycles. The Labute approximate surface area is 213 Å². The van der Waals surface area contributed by atoms with Crippen molar-refractivity contribution in [2.75, 3.05) is 11.9 Å². The molecular weight excluding hydrogens is 482 g/mol. The first-order chi connectivity index (χ1) is 16.8. The number of aliphatic imine (C=N–C) groups is 1. The van der Waals surface area contributed by atoms with E-state index in [4.69, 9.17) is 16.3 Å². The van der Waals surface area contributed by atoms with Gasteiger partial charge in [-0.05, 0) is 97.3 Å². The molecule has 1 aliphatic heterocycles. The van der Waals surface area contributed by atoms with Crippen LogP contribution in [-0.4, -0.2) is 23.6 Å². The van der Waals surface area contributed by atoms with Crippen LogP contribution in [0.15, 0.2) is 70.6 Å². The summed E-state index contributed by atoms with van der Waals surface area (Å²) < 4.78 is 5.67. The van der Waals surface area contributed by atoms with Gasteiger partial charge < -0.3 is 15.4 Å². The third-order valence-corrected chi connectivity index (χ3v) is 6.75. The van der Waals surface area contributed by atoms with Crippen LogP contribution in [0.5, 0.6) is 5.75 Å². The highest BCUT2D eigenvalue weighted by Crippen LogP contribution is 2.31. The van der Waals surface area contributed by atoms with Crippen LogP contribution in [0.25, 0.3) is 6.08 Å². The number of anilines is 1. The average molecular weight is 506 g/mol. The summed E-state index contributed by atoms with van der Waals surface area (Å²) in [6.45, 7) is 5.77.